The summed E-state index contributed by atoms with van der Waals surface area (Å²) in [5.41, 5.74) is 1.00. The molecular formula is C21H24N2O3S2. The number of thiophene rings is 1. The van der Waals surface area contributed by atoms with Crippen LogP contribution in [-0.2, 0) is 9.84 Å². The number of pyridine rings is 1. The molecule has 1 aliphatic carbocycles. The lowest BCUT2D eigenvalue weighted by Gasteiger charge is -2.26. The van der Waals surface area contributed by atoms with Crippen LogP contribution in [0.2, 0.25) is 0 Å². The monoisotopic (exact) mass is 416 g/mol. The van der Waals surface area contributed by atoms with Crippen molar-refractivity contribution in [3.8, 4) is 10.4 Å². The third-order valence-electron chi connectivity index (χ3n) is 5.36. The summed E-state index contributed by atoms with van der Waals surface area (Å²) in [6.45, 7) is 1.66. The van der Waals surface area contributed by atoms with Crippen molar-refractivity contribution >= 4 is 37.1 Å². The maximum absolute atomic E-state index is 12.0. The highest BCUT2D eigenvalue weighted by Crippen LogP contribution is 2.37. The molecule has 1 saturated carbocycles. The molecular weight excluding hydrogens is 392 g/mol. The molecule has 0 radical (unpaired) electrons. The smallest absolute Gasteiger partial charge is 0.178 e. The number of benzene rings is 1. The van der Waals surface area contributed by atoms with Crippen molar-refractivity contribution in [3.63, 3.8) is 0 Å². The zero-order chi connectivity index (χ0) is 19.7. The van der Waals surface area contributed by atoms with Gasteiger partial charge in [-0.2, -0.15) is 0 Å². The van der Waals surface area contributed by atoms with Crippen LogP contribution in [-0.4, -0.2) is 36.4 Å². The number of fused-ring (bicyclic) bond motifs is 1. The largest absolute Gasteiger partial charge is 0.393 e. The second-order valence-corrected chi connectivity index (χ2v) is 10.6. The van der Waals surface area contributed by atoms with Gasteiger partial charge in [0.05, 0.1) is 16.8 Å². The fraction of sp³-hybridized carbons (Fsp3) is 0.381. The Labute approximate surface area is 169 Å². The second-order valence-electron chi connectivity index (χ2n) is 7.26. The summed E-state index contributed by atoms with van der Waals surface area (Å²) in [6, 6.07) is 11.6. The Morgan fingerprint density at radius 2 is 1.86 bits per heavy atom. The molecule has 0 bridgehead atoms. The Morgan fingerprint density at radius 1 is 1.14 bits per heavy atom. The van der Waals surface area contributed by atoms with Crippen molar-refractivity contribution < 1.29 is 13.5 Å². The molecule has 3 aromatic rings. The standard InChI is InChI=1S/C21H24N2O3S2/c1-2-28(25,26)17-9-3-14(4-10-17)20-13-18-19(27-20)11-12-22-21(18)23-15-5-7-16(24)8-6-15/h3-4,9-13,15-16,24H,2,5-8H2,1H3,(H,22,23). The first kappa shape index (κ1) is 19.4. The molecule has 0 unspecified atom stereocenters. The van der Waals surface area contributed by atoms with Gasteiger partial charge in [-0.15, -0.1) is 11.3 Å². The molecule has 0 atom stereocenters. The number of hydrogen-bond acceptors (Lipinski definition) is 6. The van der Waals surface area contributed by atoms with E-state index < -0.39 is 9.84 Å². The minimum absolute atomic E-state index is 0.105. The van der Waals surface area contributed by atoms with Crippen molar-refractivity contribution in [2.24, 2.45) is 0 Å². The lowest BCUT2D eigenvalue weighted by molar-refractivity contribution is 0.126. The van der Waals surface area contributed by atoms with E-state index in [2.05, 4.69) is 16.4 Å². The second kappa shape index (κ2) is 7.81. The van der Waals surface area contributed by atoms with Crippen LogP contribution in [0.5, 0.6) is 0 Å². The summed E-state index contributed by atoms with van der Waals surface area (Å²) in [5, 5.41) is 14.3. The lowest BCUT2D eigenvalue weighted by atomic mass is 9.93. The lowest BCUT2D eigenvalue weighted by Crippen LogP contribution is -2.28. The van der Waals surface area contributed by atoms with Gasteiger partial charge in [-0.25, -0.2) is 13.4 Å². The van der Waals surface area contributed by atoms with Gasteiger partial charge in [0.1, 0.15) is 5.82 Å². The SMILES string of the molecule is CCS(=O)(=O)c1ccc(-c2cc3c(NC4CCC(O)CC4)nccc3s2)cc1. The topological polar surface area (TPSA) is 79.3 Å². The van der Waals surface area contributed by atoms with E-state index in [1.807, 2.05) is 24.4 Å². The van der Waals surface area contributed by atoms with Gasteiger partial charge in [-0.05, 0) is 55.5 Å². The number of sulfone groups is 1. The molecule has 7 heteroatoms. The normalized spacial score (nSPS) is 20.4. The molecule has 2 N–H and O–H groups in total. The van der Waals surface area contributed by atoms with Crippen LogP contribution < -0.4 is 5.32 Å². The maximum atomic E-state index is 12.0. The van der Waals surface area contributed by atoms with Crippen LogP contribution >= 0.6 is 11.3 Å². The molecule has 5 nitrogen and oxygen atoms in total. The number of rotatable bonds is 5. The van der Waals surface area contributed by atoms with Crippen molar-refractivity contribution in [2.75, 3.05) is 11.1 Å². The van der Waals surface area contributed by atoms with E-state index >= 15 is 0 Å². The van der Waals surface area contributed by atoms with Crippen LogP contribution in [0.15, 0.2) is 47.5 Å². The predicted octanol–water partition coefficient (Wildman–Crippen LogP) is 4.47. The summed E-state index contributed by atoms with van der Waals surface area (Å²) in [4.78, 5) is 5.99. The maximum Gasteiger partial charge on any atom is 0.178 e. The van der Waals surface area contributed by atoms with Gasteiger partial charge in [0.25, 0.3) is 0 Å². The van der Waals surface area contributed by atoms with E-state index in [-0.39, 0.29) is 11.9 Å². The molecule has 0 aliphatic heterocycles. The number of aliphatic hydroxyl groups is 1. The molecule has 1 aromatic carbocycles. The Kier molecular flexibility index (Phi) is 5.40. The quantitative estimate of drug-likeness (QED) is 0.641. The van der Waals surface area contributed by atoms with Crippen LogP contribution in [0.3, 0.4) is 0 Å². The molecule has 2 aromatic heterocycles. The number of hydrogen-bond donors (Lipinski definition) is 2. The number of aromatic nitrogens is 1. The summed E-state index contributed by atoms with van der Waals surface area (Å²) in [5.74, 6) is 0.986. The van der Waals surface area contributed by atoms with Crippen LogP contribution in [0.1, 0.15) is 32.6 Å². The van der Waals surface area contributed by atoms with Gasteiger partial charge < -0.3 is 10.4 Å². The van der Waals surface area contributed by atoms with Crippen molar-refractivity contribution in [2.45, 2.75) is 49.6 Å². The first-order valence-corrected chi connectivity index (χ1v) is 12.1. The Balaban J connectivity index is 1.61. The molecule has 28 heavy (non-hydrogen) atoms. The Hall–Kier alpha value is -1.96. The molecule has 4 rings (SSSR count). The highest BCUT2D eigenvalue weighted by atomic mass is 32.2. The van der Waals surface area contributed by atoms with Gasteiger partial charge in [0.2, 0.25) is 0 Å². The van der Waals surface area contributed by atoms with E-state index in [4.69, 9.17) is 0 Å². The first-order valence-electron chi connectivity index (χ1n) is 9.62. The predicted molar refractivity (Wildman–Crippen MR) is 115 cm³/mol. The molecule has 1 aliphatic rings. The van der Waals surface area contributed by atoms with Gasteiger partial charge >= 0.3 is 0 Å². The van der Waals surface area contributed by atoms with E-state index in [0.29, 0.717) is 10.9 Å². The van der Waals surface area contributed by atoms with Crippen LogP contribution in [0.25, 0.3) is 20.5 Å². The summed E-state index contributed by atoms with van der Waals surface area (Å²) < 4.78 is 25.2. The van der Waals surface area contributed by atoms with Gasteiger partial charge in [-0.3, -0.25) is 0 Å². The highest BCUT2D eigenvalue weighted by molar-refractivity contribution is 7.91. The molecule has 1 fully saturated rings. The highest BCUT2D eigenvalue weighted by Gasteiger charge is 2.20. The van der Waals surface area contributed by atoms with Gasteiger partial charge in [0, 0.05) is 27.2 Å². The number of anilines is 1. The van der Waals surface area contributed by atoms with Gasteiger partial charge in [-0.1, -0.05) is 19.1 Å². The first-order chi connectivity index (χ1) is 13.5. The number of aliphatic hydroxyl groups excluding tert-OH is 1. The third kappa shape index (κ3) is 3.92. The Morgan fingerprint density at radius 3 is 2.54 bits per heavy atom. The minimum Gasteiger partial charge on any atom is -0.393 e. The van der Waals surface area contributed by atoms with E-state index in [9.17, 15) is 13.5 Å². The van der Waals surface area contributed by atoms with E-state index in [1.165, 1.54) is 0 Å². The van der Waals surface area contributed by atoms with Crippen molar-refractivity contribution in [3.05, 3.63) is 42.6 Å². The van der Waals surface area contributed by atoms with Crippen molar-refractivity contribution in [1.82, 2.24) is 4.98 Å². The van der Waals surface area contributed by atoms with Crippen molar-refractivity contribution in [1.29, 1.82) is 0 Å². The summed E-state index contributed by atoms with van der Waals surface area (Å²) >= 11 is 1.68. The average molecular weight is 417 g/mol. The zero-order valence-corrected chi connectivity index (χ0v) is 17.4. The summed E-state index contributed by atoms with van der Waals surface area (Å²) in [6.07, 6.45) is 5.20. The fourth-order valence-corrected chi connectivity index (χ4v) is 5.57. The summed E-state index contributed by atoms with van der Waals surface area (Å²) in [7, 11) is -3.18. The molecule has 0 amide bonds. The molecule has 148 valence electrons. The molecule has 2 heterocycles. The van der Waals surface area contributed by atoms with E-state index in [0.717, 1.165) is 52.0 Å². The number of nitrogens with zero attached hydrogens (tertiary/aromatic N) is 1. The molecule has 0 saturated heterocycles. The Bertz CT molecular complexity index is 1070. The average Bonchev–Trinajstić information content (AvgIpc) is 3.15. The zero-order valence-electron chi connectivity index (χ0n) is 15.8. The fourth-order valence-electron chi connectivity index (χ4n) is 3.63. The minimum atomic E-state index is -3.18. The van der Waals surface area contributed by atoms with E-state index in [1.54, 1.807) is 30.4 Å². The number of nitrogens with one attached hydrogen (secondary N) is 1. The molecule has 0 spiro atoms. The van der Waals surface area contributed by atoms with Crippen LogP contribution in [0, 0.1) is 0 Å². The van der Waals surface area contributed by atoms with Crippen LogP contribution in [0.4, 0.5) is 5.82 Å². The van der Waals surface area contributed by atoms with Gasteiger partial charge in [0.15, 0.2) is 9.84 Å². The third-order valence-corrected chi connectivity index (χ3v) is 8.26.